The van der Waals surface area contributed by atoms with Gasteiger partial charge >= 0.3 is 0 Å². The summed E-state index contributed by atoms with van der Waals surface area (Å²) in [6, 6.07) is 1.68. The van der Waals surface area contributed by atoms with Gasteiger partial charge < -0.3 is 4.74 Å². The van der Waals surface area contributed by atoms with Gasteiger partial charge in [0.2, 0.25) is 0 Å². The third-order valence-corrected chi connectivity index (χ3v) is 1.17. The lowest BCUT2D eigenvalue weighted by molar-refractivity contribution is 0.177. The highest BCUT2D eigenvalue weighted by Crippen LogP contribution is 2.09. The fourth-order valence-electron chi connectivity index (χ4n) is 0.654. The van der Waals surface area contributed by atoms with Crippen molar-refractivity contribution in [2.45, 2.75) is 6.61 Å². The largest absolute Gasteiger partial charge is 0.495 e. The first-order valence-electron chi connectivity index (χ1n) is 2.93. The summed E-state index contributed by atoms with van der Waals surface area (Å²) in [5, 5.41) is 10.3. The first-order valence-corrected chi connectivity index (χ1v) is 2.93. The van der Waals surface area contributed by atoms with Crippen LogP contribution in [0.3, 0.4) is 0 Å². The molecule has 0 aliphatic carbocycles. The van der Waals surface area contributed by atoms with Gasteiger partial charge in [-0.2, -0.15) is 0 Å². The zero-order valence-corrected chi connectivity index (χ0v) is 5.70. The molecule has 53 valence electrons. The molecule has 0 atom stereocenters. The molecular formula is C7H8NO2. The van der Waals surface area contributed by atoms with Crippen molar-refractivity contribution in [1.29, 1.82) is 0 Å². The number of hydrogen-bond donors (Lipinski definition) is 0. The molecule has 3 heteroatoms. The highest BCUT2D eigenvalue weighted by molar-refractivity contribution is 5.22. The average Bonchev–Trinajstić information content (AvgIpc) is 2.05. The Labute approximate surface area is 59.3 Å². The summed E-state index contributed by atoms with van der Waals surface area (Å²) in [6.07, 6.45) is 3.11. The van der Waals surface area contributed by atoms with E-state index in [4.69, 9.17) is 4.74 Å². The molecule has 0 bridgehead atoms. The summed E-state index contributed by atoms with van der Waals surface area (Å²) in [6.45, 7) is -0.246. The van der Waals surface area contributed by atoms with E-state index in [9.17, 15) is 5.11 Å². The molecule has 0 saturated carbocycles. The monoisotopic (exact) mass is 138 g/mol. The Morgan fingerprint density at radius 2 is 2.40 bits per heavy atom. The third-order valence-electron chi connectivity index (χ3n) is 1.17. The first-order chi connectivity index (χ1) is 4.86. The predicted octanol–water partition coefficient (Wildman–Crippen LogP) is 1.02. The number of rotatable bonds is 2. The zero-order valence-electron chi connectivity index (χ0n) is 5.70. The molecule has 0 unspecified atom stereocenters. The summed E-state index contributed by atoms with van der Waals surface area (Å²) >= 11 is 0. The van der Waals surface area contributed by atoms with Crippen molar-refractivity contribution in [3.63, 3.8) is 0 Å². The van der Waals surface area contributed by atoms with Crippen LogP contribution in [0.15, 0.2) is 18.5 Å². The van der Waals surface area contributed by atoms with Gasteiger partial charge in [0.15, 0.2) is 0 Å². The van der Waals surface area contributed by atoms with Crippen molar-refractivity contribution in [3.05, 3.63) is 24.0 Å². The molecule has 0 aromatic carbocycles. The van der Waals surface area contributed by atoms with Crippen molar-refractivity contribution >= 4 is 0 Å². The molecule has 1 rings (SSSR count). The number of hydrogen-bond acceptors (Lipinski definition) is 2. The number of methoxy groups -OCH3 is 1. The first kappa shape index (κ1) is 7.02. The van der Waals surface area contributed by atoms with Crippen LogP contribution in [0.1, 0.15) is 5.56 Å². The van der Waals surface area contributed by atoms with Gasteiger partial charge in [-0.25, -0.2) is 5.11 Å². The predicted molar refractivity (Wildman–Crippen MR) is 35.2 cm³/mol. The van der Waals surface area contributed by atoms with Crippen LogP contribution in [0, 0.1) is 0 Å². The molecular weight excluding hydrogens is 130 g/mol. The van der Waals surface area contributed by atoms with Gasteiger partial charge in [0.25, 0.3) is 0 Å². The summed E-state index contributed by atoms with van der Waals surface area (Å²) < 4.78 is 4.86. The van der Waals surface area contributed by atoms with Crippen LogP contribution in [-0.2, 0) is 11.7 Å². The van der Waals surface area contributed by atoms with Crippen LogP contribution >= 0.6 is 0 Å². The van der Waals surface area contributed by atoms with Crippen molar-refractivity contribution < 1.29 is 9.84 Å². The van der Waals surface area contributed by atoms with E-state index in [0.717, 1.165) is 0 Å². The molecule has 1 heterocycles. The molecule has 1 aromatic heterocycles. The molecule has 10 heavy (non-hydrogen) atoms. The van der Waals surface area contributed by atoms with Gasteiger partial charge in [-0.15, -0.1) is 0 Å². The summed E-state index contributed by atoms with van der Waals surface area (Å²) in [7, 11) is 1.55. The highest BCUT2D eigenvalue weighted by Gasteiger charge is 1.93. The van der Waals surface area contributed by atoms with Crippen molar-refractivity contribution in [2.75, 3.05) is 7.11 Å². The number of pyridine rings is 1. The van der Waals surface area contributed by atoms with E-state index in [0.29, 0.717) is 11.3 Å². The second-order valence-electron chi connectivity index (χ2n) is 1.88. The maximum absolute atomic E-state index is 10.3. The van der Waals surface area contributed by atoms with Crippen LogP contribution < -0.4 is 4.74 Å². The van der Waals surface area contributed by atoms with Gasteiger partial charge in [0.05, 0.1) is 13.3 Å². The lowest BCUT2D eigenvalue weighted by Crippen LogP contribution is -1.87. The van der Waals surface area contributed by atoms with Crippen LogP contribution in [0.5, 0.6) is 5.75 Å². The lowest BCUT2D eigenvalue weighted by atomic mass is 10.3. The molecule has 0 saturated heterocycles. The standard InChI is InChI=1S/C7H8NO2/c1-10-7-2-6(5-9)3-8-4-7/h2-4H,5H2,1H3. The molecule has 0 fully saturated rings. The van der Waals surface area contributed by atoms with E-state index in [2.05, 4.69) is 4.98 Å². The van der Waals surface area contributed by atoms with Crippen LogP contribution in [-0.4, -0.2) is 12.1 Å². The Morgan fingerprint density at radius 1 is 1.60 bits per heavy atom. The Hall–Kier alpha value is -1.09. The minimum absolute atomic E-state index is 0.246. The molecule has 0 aliphatic rings. The quantitative estimate of drug-likeness (QED) is 0.612. The third kappa shape index (κ3) is 1.45. The van der Waals surface area contributed by atoms with Crippen LogP contribution in [0.25, 0.3) is 0 Å². The molecule has 0 spiro atoms. The second kappa shape index (κ2) is 3.17. The summed E-state index contributed by atoms with van der Waals surface area (Å²) in [5.41, 5.74) is 0.652. The van der Waals surface area contributed by atoms with Gasteiger partial charge in [-0.1, -0.05) is 0 Å². The molecule has 0 N–H and O–H groups in total. The minimum atomic E-state index is -0.246. The van der Waals surface area contributed by atoms with E-state index in [-0.39, 0.29) is 6.61 Å². The van der Waals surface area contributed by atoms with Gasteiger partial charge in [-0.05, 0) is 6.07 Å². The second-order valence-corrected chi connectivity index (χ2v) is 1.88. The van der Waals surface area contributed by atoms with Crippen LogP contribution in [0.2, 0.25) is 0 Å². The molecule has 3 nitrogen and oxygen atoms in total. The van der Waals surface area contributed by atoms with Gasteiger partial charge in [0.1, 0.15) is 12.4 Å². The maximum atomic E-state index is 10.3. The molecule has 1 radical (unpaired) electrons. The van der Waals surface area contributed by atoms with E-state index >= 15 is 0 Å². The van der Waals surface area contributed by atoms with Crippen molar-refractivity contribution in [2.24, 2.45) is 0 Å². The Balaban J connectivity index is 2.87. The smallest absolute Gasteiger partial charge is 0.137 e. The lowest BCUT2D eigenvalue weighted by Gasteiger charge is -1.98. The van der Waals surface area contributed by atoms with E-state index in [1.165, 1.54) is 6.20 Å². The van der Waals surface area contributed by atoms with E-state index < -0.39 is 0 Å². The Kier molecular flexibility index (Phi) is 2.23. The normalized spacial score (nSPS) is 9.40. The minimum Gasteiger partial charge on any atom is -0.495 e. The van der Waals surface area contributed by atoms with Gasteiger partial charge in [0, 0.05) is 11.8 Å². The van der Waals surface area contributed by atoms with Crippen molar-refractivity contribution in [1.82, 2.24) is 4.98 Å². The summed E-state index contributed by atoms with van der Waals surface area (Å²) in [5.74, 6) is 0.633. The average molecular weight is 138 g/mol. The Morgan fingerprint density at radius 3 is 3.00 bits per heavy atom. The zero-order chi connectivity index (χ0) is 7.40. The fourth-order valence-corrected chi connectivity index (χ4v) is 0.654. The highest BCUT2D eigenvalue weighted by atomic mass is 16.5. The SMILES string of the molecule is COc1cncc(C[O])c1. The van der Waals surface area contributed by atoms with Crippen molar-refractivity contribution in [3.8, 4) is 5.75 Å². The van der Waals surface area contributed by atoms with Crippen LogP contribution in [0.4, 0.5) is 0 Å². The number of aromatic nitrogens is 1. The fraction of sp³-hybridized carbons (Fsp3) is 0.286. The molecule has 0 amide bonds. The topological polar surface area (TPSA) is 42.0 Å². The Bertz CT molecular complexity index is 193. The molecule has 1 aromatic rings. The van der Waals surface area contributed by atoms with E-state index in [1.54, 1.807) is 19.4 Å². The van der Waals surface area contributed by atoms with Gasteiger partial charge in [-0.3, -0.25) is 4.98 Å². The van der Waals surface area contributed by atoms with E-state index in [1.807, 2.05) is 0 Å². The number of nitrogens with zero attached hydrogens (tertiary/aromatic N) is 1. The maximum Gasteiger partial charge on any atom is 0.137 e. The summed E-state index contributed by atoms with van der Waals surface area (Å²) in [4.78, 5) is 3.80. The number of ether oxygens (including phenoxy) is 1. The molecule has 0 aliphatic heterocycles.